The average molecular weight is 376 g/mol. The average Bonchev–Trinajstić information content (AvgIpc) is 3.04. The third kappa shape index (κ3) is 3.38. The molecule has 3 heterocycles. The minimum atomic E-state index is -0.170. The Bertz CT molecular complexity index is 944. The van der Waals surface area contributed by atoms with Gasteiger partial charge in [-0.3, -0.25) is 9.20 Å². The summed E-state index contributed by atoms with van der Waals surface area (Å²) in [7, 11) is 0. The molecule has 0 saturated heterocycles. The molecule has 1 amide bonds. The van der Waals surface area contributed by atoms with Crippen LogP contribution in [0.15, 0.2) is 47.9 Å². The van der Waals surface area contributed by atoms with E-state index in [1.165, 1.54) is 11.8 Å². The summed E-state index contributed by atoms with van der Waals surface area (Å²) in [5.41, 5.74) is 1.49. The second-order valence-electron chi connectivity index (χ2n) is 5.35. The van der Waals surface area contributed by atoms with E-state index in [0.29, 0.717) is 35.4 Å². The second-order valence-corrected chi connectivity index (χ2v) is 6.70. The highest BCUT2D eigenvalue weighted by molar-refractivity contribution is 7.99. The molecule has 6 nitrogen and oxygen atoms in total. The lowest BCUT2D eigenvalue weighted by Gasteiger charge is -2.20. The first-order valence-corrected chi connectivity index (χ1v) is 9.01. The van der Waals surface area contributed by atoms with Gasteiger partial charge in [-0.25, -0.2) is 4.98 Å². The molecular weight excluding hydrogens is 362 g/mol. The van der Waals surface area contributed by atoms with Crippen molar-refractivity contribution in [3.63, 3.8) is 0 Å². The van der Waals surface area contributed by atoms with Gasteiger partial charge in [0.1, 0.15) is 13.2 Å². The van der Waals surface area contributed by atoms with Crippen molar-refractivity contribution < 1.29 is 14.3 Å². The predicted molar refractivity (Wildman–Crippen MR) is 97.0 cm³/mol. The molecule has 0 spiro atoms. The first-order valence-electron chi connectivity index (χ1n) is 7.64. The smallest absolute Gasteiger partial charge is 0.234 e. The first kappa shape index (κ1) is 16.1. The van der Waals surface area contributed by atoms with Gasteiger partial charge < -0.3 is 14.8 Å². The fourth-order valence-corrected chi connectivity index (χ4v) is 3.47. The van der Waals surface area contributed by atoms with Crippen molar-refractivity contribution in [2.75, 3.05) is 24.3 Å². The van der Waals surface area contributed by atoms with Gasteiger partial charge in [-0.05, 0) is 12.1 Å². The molecule has 2 aromatic heterocycles. The molecule has 0 radical (unpaired) electrons. The Morgan fingerprint density at radius 2 is 2.08 bits per heavy atom. The summed E-state index contributed by atoms with van der Waals surface area (Å²) in [6.45, 7) is 0.967. The van der Waals surface area contributed by atoms with Crippen molar-refractivity contribution >= 4 is 40.5 Å². The molecule has 0 saturated carbocycles. The zero-order valence-corrected chi connectivity index (χ0v) is 14.6. The van der Waals surface area contributed by atoms with Gasteiger partial charge in [0, 0.05) is 18.3 Å². The number of carbonyl (C=O) groups is 1. The van der Waals surface area contributed by atoms with Gasteiger partial charge in [0.2, 0.25) is 5.91 Å². The maximum Gasteiger partial charge on any atom is 0.234 e. The summed E-state index contributed by atoms with van der Waals surface area (Å²) in [5, 5.41) is 3.98. The van der Waals surface area contributed by atoms with E-state index in [1.807, 2.05) is 28.8 Å². The predicted octanol–water partition coefficient (Wildman–Crippen LogP) is 3.49. The lowest BCUT2D eigenvalue weighted by atomic mass is 10.2. The number of hydrogen-bond acceptors (Lipinski definition) is 5. The normalized spacial score (nSPS) is 13.0. The molecule has 1 N–H and O–H groups in total. The van der Waals surface area contributed by atoms with Crippen LogP contribution in [0.4, 0.5) is 5.69 Å². The van der Waals surface area contributed by atoms with Crippen molar-refractivity contribution in [2.45, 2.75) is 5.16 Å². The number of aromatic nitrogens is 2. The molecule has 128 valence electrons. The number of halogens is 1. The van der Waals surface area contributed by atoms with Gasteiger partial charge in [0.15, 0.2) is 16.7 Å². The minimum absolute atomic E-state index is 0.170. The lowest BCUT2D eigenvalue weighted by molar-refractivity contribution is -0.113. The summed E-state index contributed by atoms with van der Waals surface area (Å²) >= 11 is 7.57. The van der Waals surface area contributed by atoms with Crippen LogP contribution in [0.2, 0.25) is 5.02 Å². The molecule has 3 aromatic rings. The van der Waals surface area contributed by atoms with Crippen LogP contribution in [-0.2, 0) is 4.79 Å². The van der Waals surface area contributed by atoms with Gasteiger partial charge in [-0.2, -0.15) is 0 Å². The summed E-state index contributed by atoms with van der Waals surface area (Å²) in [6, 6.07) is 9.17. The standard InChI is InChI=1S/C17H14ClN3O3S/c18-12-7-14-15(24-6-5-23-14)8-13(12)20-16(22)10-25-17-19-9-11-3-1-2-4-21(11)17/h1-4,7-9H,5-6,10H2,(H,20,22). The van der Waals surface area contributed by atoms with Gasteiger partial charge in [-0.15, -0.1) is 0 Å². The number of anilines is 1. The van der Waals surface area contributed by atoms with E-state index in [4.69, 9.17) is 21.1 Å². The van der Waals surface area contributed by atoms with Crippen LogP contribution in [0.1, 0.15) is 0 Å². The Hall–Kier alpha value is -2.38. The molecule has 1 aromatic carbocycles. The summed E-state index contributed by atoms with van der Waals surface area (Å²) in [5.74, 6) is 1.22. The van der Waals surface area contributed by atoms with Crippen molar-refractivity contribution in [1.82, 2.24) is 9.38 Å². The van der Waals surface area contributed by atoms with Crippen LogP contribution in [0.5, 0.6) is 11.5 Å². The number of pyridine rings is 1. The number of imidazole rings is 1. The van der Waals surface area contributed by atoms with Crippen molar-refractivity contribution in [3.05, 3.63) is 47.7 Å². The SMILES string of the molecule is O=C(CSc1ncc2ccccn12)Nc1cc2c(cc1Cl)OCCO2. The number of hydrogen-bond donors (Lipinski definition) is 1. The molecule has 4 rings (SSSR count). The molecular formula is C17H14ClN3O3S. The van der Waals surface area contributed by atoms with Crippen molar-refractivity contribution in [3.8, 4) is 11.5 Å². The molecule has 0 unspecified atom stereocenters. The molecule has 0 bridgehead atoms. The number of amides is 1. The Balaban J connectivity index is 1.44. The maximum absolute atomic E-state index is 12.3. The topological polar surface area (TPSA) is 64.9 Å². The van der Waals surface area contributed by atoms with E-state index < -0.39 is 0 Å². The third-order valence-corrected chi connectivity index (χ3v) is 4.92. The summed E-state index contributed by atoms with van der Waals surface area (Å²) < 4.78 is 12.9. The monoisotopic (exact) mass is 375 g/mol. The number of fused-ring (bicyclic) bond motifs is 2. The van der Waals surface area contributed by atoms with Gasteiger partial charge in [0.05, 0.1) is 28.2 Å². The van der Waals surface area contributed by atoms with Crippen molar-refractivity contribution in [2.24, 2.45) is 0 Å². The summed E-state index contributed by atoms with van der Waals surface area (Å²) in [6.07, 6.45) is 3.69. The van der Waals surface area contributed by atoms with Crippen LogP contribution in [-0.4, -0.2) is 34.3 Å². The van der Waals surface area contributed by atoms with Gasteiger partial charge in [-0.1, -0.05) is 29.4 Å². The van der Waals surface area contributed by atoms with Crippen molar-refractivity contribution in [1.29, 1.82) is 0 Å². The van der Waals surface area contributed by atoms with Gasteiger partial charge in [0.25, 0.3) is 0 Å². The van der Waals surface area contributed by atoms with Crippen LogP contribution in [0, 0.1) is 0 Å². The number of ether oxygens (including phenoxy) is 2. The molecule has 0 fully saturated rings. The van der Waals surface area contributed by atoms with E-state index in [0.717, 1.165) is 10.7 Å². The largest absolute Gasteiger partial charge is 0.486 e. The van der Waals surface area contributed by atoms with Gasteiger partial charge >= 0.3 is 0 Å². The fourth-order valence-electron chi connectivity index (χ4n) is 2.50. The highest BCUT2D eigenvalue weighted by atomic mass is 35.5. The summed E-state index contributed by atoms with van der Waals surface area (Å²) in [4.78, 5) is 16.6. The Kier molecular flexibility index (Phi) is 4.42. The zero-order chi connectivity index (χ0) is 17.2. The number of rotatable bonds is 4. The Morgan fingerprint density at radius 1 is 1.28 bits per heavy atom. The molecule has 1 aliphatic rings. The molecule has 8 heteroatoms. The third-order valence-electron chi connectivity index (χ3n) is 3.64. The first-order chi connectivity index (χ1) is 12.2. The van der Waals surface area contributed by atoms with Crippen LogP contribution in [0.3, 0.4) is 0 Å². The van der Waals surface area contributed by atoms with E-state index >= 15 is 0 Å². The number of benzene rings is 1. The van der Waals surface area contributed by atoms with E-state index in [2.05, 4.69) is 10.3 Å². The van der Waals surface area contributed by atoms with E-state index in [-0.39, 0.29) is 11.7 Å². The second kappa shape index (κ2) is 6.85. The molecule has 0 atom stereocenters. The number of thioether (sulfide) groups is 1. The molecule has 25 heavy (non-hydrogen) atoms. The van der Waals surface area contributed by atoms with E-state index in [1.54, 1.807) is 18.3 Å². The number of nitrogens with zero attached hydrogens (tertiary/aromatic N) is 2. The maximum atomic E-state index is 12.3. The fraction of sp³-hybridized carbons (Fsp3) is 0.176. The number of carbonyl (C=O) groups excluding carboxylic acids is 1. The highest BCUT2D eigenvalue weighted by Crippen LogP contribution is 2.38. The quantitative estimate of drug-likeness (QED) is 0.707. The van der Waals surface area contributed by atoms with Crippen LogP contribution in [0.25, 0.3) is 5.52 Å². The molecule has 0 aliphatic carbocycles. The highest BCUT2D eigenvalue weighted by Gasteiger charge is 2.16. The Labute approximate surface area is 153 Å². The van der Waals surface area contributed by atoms with E-state index in [9.17, 15) is 4.79 Å². The number of nitrogens with one attached hydrogen (secondary N) is 1. The zero-order valence-electron chi connectivity index (χ0n) is 13.1. The Morgan fingerprint density at radius 3 is 2.92 bits per heavy atom. The van der Waals surface area contributed by atoms with Crippen LogP contribution < -0.4 is 14.8 Å². The lowest BCUT2D eigenvalue weighted by Crippen LogP contribution is -2.17. The minimum Gasteiger partial charge on any atom is -0.486 e. The molecule has 1 aliphatic heterocycles. The van der Waals surface area contributed by atoms with Crippen LogP contribution >= 0.6 is 23.4 Å².